The number of methoxy groups -OCH3 is 1. The number of halogens is 1. The van der Waals surface area contributed by atoms with Crippen molar-refractivity contribution in [2.24, 2.45) is 0 Å². The molecule has 0 bridgehead atoms. The smallest absolute Gasteiger partial charge is 0.335 e. The lowest BCUT2D eigenvalue weighted by Gasteiger charge is -2.07. The van der Waals surface area contributed by atoms with Crippen LogP contribution in [0.3, 0.4) is 0 Å². The molecule has 0 unspecified atom stereocenters. The third kappa shape index (κ3) is 3.03. The Morgan fingerprint density at radius 3 is 2.35 bits per heavy atom. The van der Waals surface area contributed by atoms with Gasteiger partial charge in [0.15, 0.2) is 11.6 Å². The predicted octanol–water partition coefficient (Wildman–Crippen LogP) is 3.59. The number of benzene rings is 2. The van der Waals surface area contributed by atoms with E-state index in [1.54, 1.807) is 25.3 Å². The molecule has 0 amide bonds. The van der Waals surface area contributed by atoms with E-state index in [0.29, 0.717) is 5.56 Å². The SMILES string of the molecule is C=CC(=O)Oc1ccc(-c2ccc(OC)cc2)cc1F. The van der Waals surface area contributed by atoms with Crippen molar-refractivity contribution < 1.29 is 18.7 Å². The summed E-state index contributed by atoms with van der Waals surface area (Å²) < 4.78 is 23.7. The molecule has 0 aliphatic heterocycles. The van der Waals surface area contributed by atoms with Crippen molar-refractivity contribution in [1.29, 1.82) is 0 Å². The van der Waals surface area contributed by atoms with Gasteiger partial charge in [-0.3, -0.25) is 0 Å². The monoisotopic (exact) mass is 272 g/mol. The van der Waals surface area contributed by atoms with Crippen molar-refractivity contribution in [3.05, 3.63) is 60.9 Å². The lowest BCUT2D eigenvalue weighted by molar-refractivity contribution is -0.129. The van der Waals surface area contributed by atoms with Gasteiger partial charge in [-0.2, -0.15) is 0 Å². The highest BCUT2D eigenvalue weighted by atomic mass is 19.1. The van der Waals surface area contributed by atoms with Gasteiger partial charge in [0.05, 0.1) is 7.11 Å². The minimum atomic E-state index is -0.693. The van der Waals surface area contributed by atoms with Gasteiger partial charge in [0.2, 0.25) is 0 Å². The van der Waals surface area contributed by atoms with E-state index in [1.165, 1.54) is 12.1 Å². The van der Waals surface area contributed by atoms with Crippen LogP contribution in [0.5, 0.6) is 11.5 Å². The number of esters is 1. The Hall–Kier alpha value is -2.62. The van der Waals surface area contributed by atoms with E-state index in [9.17, 15) is 9.18 Å². The van der Waals surface area contributed by atoms with Crippen molar-refractivity contribution in [1.82, 2.24) is 0 Å². The normalized spacial score (nSPS) is 9.90. The summed E-state index contributed by atoms with van der Waals surface area (Å²) in [5, 5.41) is 0. The van der Waals surface area contributed by atoms with Gasteiger partial charge < -0.3 is 9.47 Å². The van der Waals surface area contributed by atoms with E-state index in [1.807, 2.05) is 12.1 Å². The van der Waals surface area contributed by atoms with Crippen LogP contribution in [0, 0.1) is 5.82 Å². The Morgan fingerprint density at radius 2 is 1.80 bits per heavy atom. The zero-order valence-corrected chi connectivity index (χ0v) is 10.9. The van der Waals surface area contributed by atoms with Gasteiger partial charge in [-0.25, -0.2) is 9.18 Å². The standard InChI is InChI=1S/C16H13FO3/c1-3-16(18)20-15-9-6-12(10-14(15)17)11-4-7-13(19-2)8-5-11/h3-10H,1H2,2H3. The zero-order valence-electron chi connectivity index (χ0n) is 10.9. The molecule has 20 heavy (non-hydrogen) atoms. The largest absolute Gasteiger partial charge is 0.497 e. The van der Waals surface area contributed by atoms with Crippen molar-refractivity contribution in [2.45, 2.75) is 0 Å². The first-order valence-corrected chi connectivity index (χ1v) is 5.92. The van der Waals surface area contributed by atoms with Crippen LogP contribution in [0.25, 0.3) is 11.1 Å². The van der Waals surface area contributed by atoms with Crippen LogP contribution in [0.4, 0.5) is 4.39 Å². The highest BCUT2D eigenvalue weighted by Crippen LogP contribution is 2.27. The molecule has 0 radical (unpaired) electrons. The molecule has 0 fully saturated rings. The topological polar surface area (TPSA) is 35.5 Å². The van der Waals surface area contributed by atoms with Gasteiger partial charge in [0, 0.05) is 6.08 Å². The number of hydrogen-bond donors (Lipinski definition) is 0. The number of hydrogen-bond acceptors (Lipinski definition) is 3. The minimum Gasteiger partial charge on any atom is -0.497 e. The van der Waals surface area contributed by atoms with E-state index in [2.05, 4.69) is 6.58 Å². The molecule has 0 spiro atoms. The van der Waals surface area contributed by atoms with Crippen molar-refractivity contribution in [3.8, 4) is 22.6 Å². The van der Waals surface area contributed by atoms with Gasteiger partial charge in [0.25, 0.3) is 0 Å². The highest BCUT2D eigenvalue weighted by molar-refractivity contribution is 5.83. The van der Waals surface area contributed by atoms with Gasteiger partial charge in [-0.15, -0.1) is 0 Å². The van der Waals surface area contributed by atoms with Crippen LogP contribution in [0.2, 0.25) is 0 Å². The molecule has 0 N–H and O–H groups in total. The summed E-state index contributed by atoms with van der Waals surface area (Å²) in [6, 6.07) is 11.6. The number of carbonyl (C=O) groups excluding carboxylic acids is 1. The first-order chi connectivity index (χ1) is 9.63. The second-order valence-electron chi connectivity index (χ2n) is 4.00. The Labute approximate surface area is 116 Å². The van der Waals surface area contributed by atoms with E-state index in [0.717, 1.165) is 17.4 Å². The summed E-state index contributed by atoms with van der Waals surface area (Å²) in [5.41, 5.74) is 1.52. The molecule has 0 aromatic heterocycles. The summed E-state index contributed by atoms with van der Waals surface area (Å²) >= 11 is 0. The minimum absolute atomic E-state index is 0.118. The summed E-state index contributed by atoms with van der Waals surface area (Å²) in [5.74, 6) is -0.687. The highest BCUT2D eigenvalue weighted by Gasteiger charge is 2.09. The average molecular weight is 272 g/mol. The maximum absolute atomic E-state index is 13.8. The van der Waals surface area contributed by atoms with Gasteiger partial charge >= 0.3 is 5.97 Å². The molecule has 0 aliphatic carbocycles. The maximum atomic E-state index is 13.8. The summed E-state index contributed by atoms with van der Waals surface area (Å²) in [4.78, 5) is 11.0. The summed E-state index contributed by atoms with van der Waals surface area (Å²) in [7, 11) is 1.58. The third-order valence-corrected chi connectivity index (χ3v) is 2.73. The zero-order chi connectivity index (χ0) is 14.5. The Morgan fingerprint density at radius 1 is 1.15 bits per heavy atom. The molecular weight excluding hydrogens is 259 g/mol. The molecule has 102 valence electrons. The van der Waals surface area contributed by atoms with Gasteiger partial charge in [-0.1, -0.05) is 24.8 Å². The summed E-state index contributed by atoms with van der Waals surface area (Å²) in [6.07, 6.45) is 0.983. The van der Waals surface area contributed by atoms with E-state index < -0.39 is 11.8 Å². The molecule has 2 aromatic rings. The molecule has 0 saturated heterocycles. The number of rotatable bonds is 4. The fraction of sp³-hybridized carbons (Fsp3) is 0.0625. The fourth-order valence-corrected chi connectivity index (χ4v) is 1.70. The molecule has 2 aromatic carbocycles. The van der Waals surface area contributed by atoms with Crippen LogP contribution in [0.1, 0.15) is 0 Å². The van der Waals surface area contributed by atoms with Crippen LogP contribution in [-0.2, 0) is 4.79 Å². The van der Waals surface area contributed by atoms with Gasteiger partial charge in [0.1, 0.15) is 5.75 Å². The molecule has 0 heterocycles. The van der Waals surface area contributed by atoms with Gasteiger partial charge in [-0.05, 0) is 35.4 Å². The number of carbonyl (C=O) groups is 1. The maximum Gasteiger partial charge on any atom is 0.335 e. The summed E-state index contributed by atoms with van der Waals surface area (Å²) in [6.45, 7) is 3.26. The van der Waals surface area contributed by atoms with E-state index in [4.69, 9.17) is 9.47 Å². The lowest BCUT2D eigenvalue weighted by atomic mass is 10.1. The molecule has 0 aliphatic rings. The van der Waals surface area contributed by atoms with Crippen LogP contribution in [-0.4, -0.2) is 13.1 Å². The second kappa shape index (κ2) is 6.02. The van der Waals surface area contributed by atoms with Crippen molar-refractivity contribution >= 4 is 5.97 Å². The molecular formula is C16H13FO3. The van der Waals surface area contributed by atoms with Crippen molar-refractivity contribution in [2.75, 3.05) is 7.11 Å². The first-order valence-electron chi connectivity index (χ1n) is 5.92. The van der Waals surface area contributed by atoms with E-state index in [-0.39, 0.29) is 5.75 Å². The van der Waals surface area contributed by atoms with Crippen LogP contribution in [0.15, 0.2) is 55.1 Å². The number of ether oxygens (including phenoxy) is 2. The van der Waals surface area contributed by atoms with E-state index >= 15 is 0 Å². The fourth-order valence-electron chi connectivity index (χ4n) is 1.70. The Kier molecular flexibility index (Phi) is 4.15. The van der Waals surface area contributed by atoms with Crippen LogP contribution >= 0.6 is 0 Å². The molecule has 2 rings (SSSR count). The average Bonchev–Trinajstić information content (AvgIpc) is 2.49. The predicted molar refractivity (Wildman–Crippen MR) is 74.2 cm³/mol. The second-order valence-corrected chi connectivity index (χ2v) is 4.00. The molecule has 0 atom stereocenters. The molecule has 0 saturated carbocycles. The van der Waals surface area contributed by atoms with Crippen molar-refractivity contribution in [3.63, 3.8) is 0 Å². The lowest BCUT2D eigenvalue weighted by Crippen LogP contribution is -2.04. The first kappa shape index (κ1) is 13.8. The quantitative estimate of drug-likeness (QED) is 0.484. The Balaban J connectivity index is 2.27. The molecule has 4 heteroatoms. The van der Waals surface area contributed by atoms with Crippen LogP contribution < -0.4 is 9.47 Å². The third-order valence-electron chi connectivity index (χ3n) is 2.73. The Bertz CT molecular complexity index is 633. The molecule has 3 nitrogen and oxygen atoms in total.